The van der Waals surface area contributed by atoms with Gasteiger partial charge in [0, 0.05) is 19.3 Å². The first-order valence-electron chi connectivity index (χ1n) is 28.4. The summed E-state index contributed by atoms with van der Waals surface area (Å²) < 4.78 is 16.8. The fourth-order valence-corrected chi connectivity index (χ4v) is 7.52. The molecule has 0 fully saturated rings. The third-order valence-corrected chi connectivity index (χ3v) is 11.7. The van der Waals surface area contributed by atoms with Gasteiger partial charge in [0.05, 0.1) is 0 Å². The maximum Gasteiger partial charge on any atom is 0.306 e. The second kappa shape index (κ2) is 56.7. The zero-order chi connectivity index (χ0) is 50.0. The van der Waals surface area contributed by atoms with Crippen molar-refractivity contribution in [1.82, 2.24) is 0 Å². The van der Waals surface area contributed by atoms with E-state index in [-0.39, 0.29) is 31.1 Å². The van der Waals surface area contributed by atoms with Gasteiger partial charge in [0.1, 0.15) is 13.2 Å². The van der Waals surface area contributed by atoms with E-state index in [9.17, 15) is 14.4 Å². The standard InChI is InChI=1S/C63H104O6/c1-4-7-10-13-16-19-22-24-26-28-30-31-33-34-36-38-41-44-47-50-53-56-62(65)68-59-60(58-67-61(64)55-52-49-46-43-40-21-18-15-12-9-6-3)69-63(66)57-54-51-48-45-42-39-37-35-32-29-27-25-23-20-17-14-11-8-5-2/h7-8,10-11,15-20,24-27,30-32,35,60H,4-6,9,12-14,21-23,28-29,33-34,36-59H2,1-3H3/b10-7-,11-8-,18-15-,19-16-,20-17-,26-24-,27-25-,31-30-,35-32-. The lowest BCUT2D eigenvalue weighted by atomic mass is 10.1. The number of ether oxygens (including phenoxy) is 3. The van der Waals surface area contributed by atoms with Gasteiger partial charge in [0.25, 0.3) is 0 Å². The molecule has 0 aromatic carbocycles. The number of carbonyl (C=O) groups is 3. The van der Waals surface area contributed by atoms with Gasteiger partial charge in [0.2, 0.25) is 0 Å². The number of esters is 3. The van der Waals surface area contributed by atoms with Crippen molar-refractivity contribution in [3.05, 3.63) is 109 Å². The molecule has 0 aliphatic carbocycles. The van der Waals surface area contributed by atoms with Gasteiger partial charge < -0.3 is 14.2 Å². The van der Waals surface area contributed by atoms with Gasteiger partial charge >= 0.3 is 17.9 Å². The molecule has 1 unspecified atom stereocenters. The predicted octanol–water partition coefficient (Wildman–Crippen LogP) is 19.1. The quantitative estimate of drug-likeness (QED) is 0.0262. The molecule has 0 amide bonds. The summed E-state index contributed by atoms with van der Waals surface area (Å²) in [5.74, 6) is -0.924. The van der Waals surface area contributed by atoms with E-state index in [4.69, 9.17) is 14.2 Å². The summed E-state index contributed by atoms with van der Waals surface area (Å²) in [5, 5.41) is 0. The molecule has 392 valence electrons. The lowest BCUT2D eigenvalue weighted by Gasteiger charge is -2.18. The summed E-state index contributed by atoms with van der Waals surface area (Å²) >= 11 is 0. The summed E-state index contributed by atoms with van der Waals surface area (Å²) in [6.45, 7) is 6.35. The predicted molar refractivity (Wildman–Crippen MR) is 297 cm³/mol. The van der Waals surface area contributed by atoms with Crippen LogP contribution in [0.2, 0.25) is 0 Å². The molecule has 0 aliphatic rings. The molecule has 0 saturated heterocycles. The molecule has 6 nitrogen and oxygen atoms in total. The van der Waals surface area contributed by atoms with Crippen LogP contribution in [0.4, 0.5) is 0 Å². The summed E-state index contributed by atoms with van der Waals surface area (Å²) in [6, 6.07) is 0. The van der Waals surface area contributed by atoms with Crippen molar-refractivity contribution in [2.24, 2.45) is 0 Å². The maximum absolute atomic E-state index is 12.8. The normalized spacial score (nSPS) is 12.9. The van der Waals surface area contributed by atoms with Crippen LogP contribution in [-0.4, -0.2) is 37.2 Å². The van der Waals surface area contributed by atoms with Crippen molar-refractivity contribution in [2.45, 2.75) is 258 Å². The highest BCUT2D eigenvalue weighted by atomic mass is 16.6. The minimum absolute atomic E-state index is 0.0923. The second-order valence-electron chi connectivity index (χ2n) is 18.4. The fourth-order valence-electron chi connectivity index (χ4n) is 7.52. The van der Waals surface area contributed by atoms with Crippen LogP contribution in [0.1, 0.15) is 252 Å². The molecule has 0 saturated carbocycles. The van der Waals surface area contributed by atoms with E-state index >= 15 is 0 Å². The molecular weight excluding hydrogens is 853 g/mol. The topological polar surface area (TPSA) is 78.9 Å². The Bertz CT molecular complexity index is 1420. The molecule has 0 aromatic heterocycles. The number of hydrogen-bond donors (Lipinski definition) is 0. The van der Waals surface area contributed by atoms with Gasteiger partial charge in [-0.1, -0.05) is 226 Å². The van der Waals surface area contributed by atoms with Crippen LogP contribution in [0.3, 0.4) is 0 Å². The largest absolute Gasteiger partial charge is 0.462 e. The molecule has 0 aliphatic heterocycles. The third kappa shape index (κ3) is 54.9. The number of rotatable bonds is 50. The molecule has 69 heavy (non-hydrogen) atoms. The van der Waals surface area contributed by atoms with Crippen molar-refractivity contribution in [2.75, 3.05) is 13.2 Å². The minimum atomic E-state index is -0.794. The molecule has 0 spiro atoms. The first-order valence-corrected chi connectivity index (χ1v) is 28.4. The third-order valence-electron chi connectivity index (χ3n) is 11.7. The Labute approximate surface area is 425 Å². The highest BCUT2D eigenvalue weighted by molar-refractivity contribution is 5.71. The zero-order valence-electron chi connectivity index (χ0n) is 44.8. The fraction of sp³-hybridized carbons (Fsp3) is 0.667. The van der Waals surface area contributed by atoms with Crippen LogP contribution in [0.5, 0.6) is 0 Å². The average Bonchev–Trinajstić information content (AvgIpc) is 3.35. The Morgan fingerprint density at radius 1 is 0.304 bits per heavy atom. The monoisotopic (exact) mass is 957 g/mol. The molecule has 0 bridgehead atoms. The van der Waals surface area contributed by atoms with E-state index in [1.54, 1.807) is 0 Å². The Kier molecular flexibility index (Phi) is 53.4. The van der Waals surface area contributed by atoms with Crippen molar-refractivity contribution in [3.63, 3.8) is 0 Å². The molecule has 0 heterocycles. The van der Waals surface area contributed by atoms with Crippen LogP contribution in [0, 0.1) is 0 Å². The van der Waals surface area contributed by atoms with E-state index in [1.807, 2.05) is 0 Å². The van der Waals surface area contributed by atoms with Crippen molar-refractivity contribution < 1.29 is 28.6 Å². The van der Waals surface area contributed by atoms with Crippen molar-refractivity contribution in [1.29, 1.82) is 0 Å². The minimum Gasteiger partial charge on any atom is -0.462 e. The van der Waals surface area contributed by atoms with Gasteiger partial charge in [-0.2, -0.15) is 0 Å². The van der Waals surface area contributed by atoms with Gasteiger partial charge in [-0.05, 0) is 116 Å². The molecule has 0 radical (unpaired) electrons. The lowest BCUT2D eigenvalue weighted by molar-refractivity contribution is -0.167. The molecule has 6 heteroatoms. The maximum atomic E-state index is 12.8. The number of hydrogen-bond acceptors (Lipinski definition) is 6. The zero-order valence-corrected chi connectivity index (χ0v) is 44.8. The average molecular weight is 958 g/mol. The van der Waals surface area contributed by atoms with Crippen molar-refractivity contribution >= 4 is 17.9 Å². The second-order valence-corrected chi connectivity index (χ2v) is 18.4. The number of allylic oxidation sites excluding steroid dienone is 18. The molecule has 1 atom stereocenters. The molecule has 0 aromatic rings. The van der Waals surface area contributed by atoms with E-state index in [1.165, 1.54) is 70.6 Å². The van der Waals surface area contributed by atoms with Crippen LogP contribution in [0.15, 0.2) is 109 Å². The van der Waals surface area contributed by atoms with Crippen molar-refractivity contribution in [3.8, 4) is 0 Å². The first kappa shape index (κ1) is 65.1. The van der Waals surface area contributed by atoms with Crippen LogP contribution < -0.4 is 0 Å². The number of unbranched alkanes of at least 4 members (excludes halogenated alkanes) is 21. The Hall–Kier alpha value is -3.93. The van der Waals surface area contributed by atoms with Gasteiger partial charge in [0.15, 0.2) is 6.10 Å². The Morgan fingerprint density at radius 3 is 0.899 bits per heavy atom. The SMILES string of the molecule is CC/C=C\C/C=C\C/C=C\C/C=C\CCCCCCCCCCC(=O)OCC(COC(=O)CCCCCCC/C=C\CCCC)OC(=O)CCCCCCCC/C=C\C/C=C\C/C=C\C/C=C\CC. The summed E-state index contributed by atoms with van der Waals surface area (Å²) in [4.78, 5) is 38.1. The smallest absolute Gasteiger partial charge is 0.306 e. The summed E-state index contributed by atoms with van der Waals surface area (Å²) in [6.07, 6.45) is 76.5. The highest BCUT2D eigenvalue weighted by Crippen LogP contribution is 2.14. The van der Waals surface area contributed by atoms with E-state index in [0.29, 0.717) is 19.3 Å². The Balaban J connectivity index is 4.39. The van der Waals surface area contributed by atoms with Crippen LogP contribution >= 0.6 is 0 Å². The highest BCUT2D eigenvalue weighted by Gasteiger charge is 2.19. The van der Waals surface area contributed by atoms with E-state index in [0.717, 1.165) is 141 Å². The number of carbonyl (C=O) groups excluding carboxylic acids is 3. The van der Waals surface area contributed by atoms with Crippen LogP contribution in [-0.2, 0) is 28.6 Å². The van der Waals surface area contributed by atoms with Crippen LogP contribution in [0.25, 0.3) is 0 Å². The molecule has 0 rings (SSSR count). The van der Waals surface area contributed by atoms with Gasteiger partial charge in [-0.15, -0.1) is 0 Å². The van der Waals surface area contributed by atoms with Gasteiger partial charge in [-0.25, -0.2) is 0 Å². The summed E-state index contributed by atoms with van der Waals surface area (Å²) in [7, 11) is 0. The van der Waals surface area contributed by atoms with E-state index in [2.05, 4.69) is 130 Å². The summed E-state index contributed by atoms with van der Waals surface area (Å²) in [5.41, 5.74) is 0. The lowest BCUT2D eigenvalue weighted by Crippen LogP contribution is -2.30. The molecule has 0 N–H and O–H groups in total. The first-order chi connectivity index (χ1) is 34.0. The Morgan fingerprint density at radius 2 is 0.565 bits per heavy atom. The van der Waals surface area contributed by atoms with E-state index < -0.39 is 6.10 Å². The van der Waals surface area contributed by atoms with Gasteiger partial charge in [-0.3, -0.25) is 14.4 Å². The molecular formula is C63H104O6.